The number of nitrogens with zero attached hydrogens (tertiary/aromatic N) is 3. The largest absolute Gasteiger partial charge is 0.445 e. The molecule has 0 spiro atoms. The molecule has 0 aromatic carbocycles. The Morgan fingerprint density at radius 3 is 2.85 bits per heavy atom. The smallest absolute Gasteiger partial charge is 0.204 e. The average molecular weight is 169 g/mol. The topological polar surface area (TPSA) is 73.6 Å². The van der Waals surface area contributed by atoms with Gasteiger partial charge in [-0.3, -0.25) is 0 Å². The third kappa shape index (κ3) is 1.02. The molecule has 2 aromatic heterocycles. The fraction of sp³-hybridized carbons (Fsp3) is 0. The van der Waals surface area contributed by atoms with Crippen LogP contribution in [0.1, 0.15) is 11.5 Å². The maximum atomic E-state index is 8.68. The molecule has 0 radical (unpaired) electrons. The van der Waals surface area contributed by atoms with E-state index >= 15 is 0 Å². The lowest BCUT2D eigenvalue weighted by atomic mass is 10.2. The van der Waals surface area contributed by atoms with Gasteiger partial charge >= 0.3 is 0 Å². The van der Waals surface area contributed by atoms with Gasteiger partial charge in [0.05, 0.1) is 5.39 Å². The van der Waals surface area contributed by atoms with Gasteiger partial charge in [0.25, 0.3) is 0 Å². The van der Waals surface area contributed by atoms with E-state index in [2.05, 4.69) is 4.98 Å². The molecule has 2 rings (SSSR count). The minimum atomic E-state index is 0.194. The van der Waals surface area contributed by atoms with Crippen molar-refractivity contribution in [2.45, 2.75) is 0 Å². The van der Waals surface area contributed by atoms with Crippen molar-refractivity contribution in [1.29, 1.82) is 10.5 Å². The maximum absolute atomic E-state index is 8.68. The summed E-state index contributed by atoms with van der Waals surface area (Å²) in [5.41, 5.74) is 0.797. The maximum Gasteiger partial charge on any atom is 0.204 e. The van der Waals surface area contributed by atoms with E-state index in [1.54, 1.807) is 6.07 Å². The minimum Gasteiger partial charge on any atom is -0.445 e. The van der Waals surface area contributed by atoms with E-state index in [-0.39, 0.29) is 11.5 Å². The van der Waals surface area contributed by atoms with Gasteiger partial charge in [-0.05, 0) is 6.07 Å². The molecule has 0 unspecified atom stereocenters. The Kier molecular flexibility index (Phi) is 1.47. The third-order valence-corrected chi connectivity index (χ3v) is 1.66. The highest BCUT2D eigenvalue weighted by atomic mass is 16.3. The number of pyridine rings is 1. The van der Waals surface area contributed by atoms with E-state index in [1.807, 2.05) is 12.1 Å². The van der Waals surface area contributed by atoms with Gasteiger partial charge in [-0.2, -0.15) is 10.5 Å². The van der Waals surface area contributed by atoms with Gasteiger partial charge in [0.15, 0.2) is 5.69 Å². The highest BCUT2D eigenvalue weighted by Crippen LogP contribution is 2.20. The van der Waals surface area contributed by atoms with E-state index in [1.165, 1.54) is 12.3 Å². The first-order valence-corrected chi connectivity index (χ1v) is 3.54. The van der Waals surface area contributed by atoms with Crippen molar-refractivity contribution in [3.8, 4) is 12.1 Å². The average Bonchev–Trinajstić information content (AvgIpc) is 2.59. The molecule has 0 aliphatic carbocycles. The number of hydrogen-bond donors (Lipinski definition) is 0. The van der Waals surface area contributed by atoms with Crippen LogP contribution in [0.3, 0.4) is 0 Å². The van der Waals surface area contributed by atoms with Crippen molar-refractivity contribution in [2.24, 2.45) is 0 Å². The lowest BCUT2D eigenvalue weighted by Gasteiger charge is -1.87. The second-order valence-corrected chi connectivity index (χ2v) is 2.41. The van der Waals surface area contributed by atoms with Gasteiger partial charge < -0.3 is 4.42 Å². The summed E-state index contributed by atoms with van der Waals surface area (Å²) in [6, 6.07) is 6.93. The minimum absolute atomic E-state index is 0.194. The quantitative estimate of drug-likeness (QED) is 0.599. The number of hydrogen-bond acceptors (Lipinski definition) is 4. The van der Waals surface area contributed by atoms with E-state index in [0.29, 0.717) is 11.0 Å². The lowest BCUT2D eigenvalue weighted by molar-refractivity contribution is 0.599. The van der Waals surface area contributed by atoms with Crippen LogP contribution >= 0.6 is 0 Å². The van der Waals surface area contributed by atoms with Crippen LogP contribution in [0.5, 0.6) is 0 Å². The van der Waals surface area contributed by atoms with Crippen molar-refractivity contribution < 1.29 is 4.42 Å². The third-order valence-electron chi connectivity index (χ3n) is 1.66. The van der Waals surface area contributed by atoms with Gasteiger partial charge in [0.2, 0.25) is 5.76 Å². The number of fused-ring (bicyclic) bond motifs is 1. The standard InChI is InChI=1S/C9H3N3O/c10-4-6-3-7-8(5-11)12-2-1-9(7)13-6/h1-3H. The molecule has 13 heavy (non-hydrogen) atoms. The summed E-state index contributed by atoms with van der Waals surface area (Å²) in [6.45, 7) is 0. The molecule has 4 nitrogen and oxygen atoms in total. The van der Waals surface area contributed by atoms with E-state index in [0.717, 1.165) is 0 Å². The monoisotopic (exact) mass is 169 g/mol. The Morgan fingerprint density at radius 1 is 1.31 bits per heavy atom. The number of furan rings is 1. The number of aromatic nitrogens is 1. The first-order chi connectivity index (χ1) is 6.35. The van der Waals surface area contributed by atoms with Gasteiger partial charge in [-0.15, -0.1) is 0 Å². The second kappa shape index (κ2) is 2.62. The molecule has 0 saturated heterocycles. The zero-order valence-electron chi connectivity index (χ0n) is 6.48. The van der Waals surface area contributed by atoms with Crippen LogP contribution in [0.25, 0.3) is 11.0 Å². The molecule has 0 aliphatic heterocycles. The van der Waals surface area contributed by atoms with Crippen molar-refractivity contribution in [2.75, 3.05) is 0 Å². The lowest BCUT2D eigenvalue weighted by Crippen LogP contribution is -1.79. The van der Waals surface area contributed by atoms with Crippen molar-refractivity contribution in [1.82, 2.24) is 4.98 Å². The Bertz CT molecular complexity index is 542. The Balaban J connectivity index is 2.86. The predicted octanol–water partition coefficient (Wildman–Crippen LogP) is 1.57. The van der Waals surface area contributed by atoms with Crippen LogP contribution in [0.4, 0.5) is 0 Å². The zero-order valence-corrected chi connectivity index (χ0v) is 6.48. The normalized spacial score (nSPS) is 9.38. The molecule has 0 aliphatic rings. The summed E-state index contributed by atoms with van der Waals surface area (Å²) >= 11 is 0. The van der Waals surface area contributed by atoms with Crippen LogP contribution in [0, 0.1) is 22.7 Å². The zero-order chi connectivity index (χ0) is 9.26. The SMILES string of the molecule is N#Cc1cc2c(C#N)nccc2o1. The highest BCUT2D eigenvalue weighted by molar-refractivity contribution is 5.82. The van der Waals surface area contributed by atoms with Crippen molar-refractivity contribution in [3.63, 3.8) is 0 Å². The first kappa shape index (κ1) is 7.33. The molecule has 0 bridgehead atoms. The Hall–Kier alpha value is -2.33. The fourth-order valence-electron chi connectivity index (χ4n) is 1.11. The summed E-state index contributed by atoms with van der Waals surface area (Å²) < 4.78 is 5.11. The predicted molar refractivity (Wildman–Crippen MR) is 43.4 cm³/mol. The molecule has 0 amide bonds. The molecular weight excluding hydrogens is 166 g/mol. The second-order valence-electron chi connectivity index (χ2n) is 2.41. The highest BCUT2D eigenvalue weighted by Gasteiger charge is 2.07. The molecule has 60 valence electrons. The molecule has 0 saturated carbocycles. The van der Waals surface area contributed by atoms with Crippen LogP contribution < -0.4 is 0 Å². The Morgan fingerprint density at radius 2 is 2.15 bits per heavy atom. The van der Waals surface area contributed by atoms with Gasteiger partial charge in [0, 0.05) is 12.3 Å². The molecule has 0 N–H and O–H groups in total. The first-order valence-electron chi connectivity index (χ1n) is 3.54. The molecule has 0 atom stereocenters. The molecule has 4 heteroatoms. The molecule has 2 aromatic rings. The summed E-state index contributed by atoms with van der Waals surface area (Å²) in [7, 11) is 0. The summed E-state index contributed by atoms with van der Waals surface area (Å²) in [5.74, 6) is 0.194. The molecular formula is C9H3N3O. The van der Waals surface area contributed by atoms with Gasteiger partial charge in [0.1, 0.15) is 17.7 Å². The van der Waals surface area contributed by atoms with E-state index < -0.39 is 0 Å². The fourth-order valence-corrected chi connectivity index (χ4v) is 1.11. The van der Waals surface area contributed by atoms with Gasteiger partial charge in [-0.1, -0.05) is 0 Å². The van der Waals surface area contributed by atoms with Crippen LogP contribution in [0.15, 0.2) is 22.7 Å². The van der Waals surface area contributed by atoms with E-state index in [4.69, 9.17) is 14.9 Å². The number of nitriles is 2. The van der Waals surface area contributed by atoms with Crippen LogP contribution in [-0.2, 0) is 0 Å². The van der Waals surface area contributed by atoms with Crippen LogP contribution in [-0.4, -0.2) is 4.98 Å². The summed E-state index contributed by atoms with van der Waals surface area (Å²) in [4.78, 5) is 3.84. The summed E-state index contributed by atoms with van der Waals surface area (Å²) in [6.07, 6.45) is 1.48. The summed E-state index contributed by atoms with van der Waals surface area (Å²) in [5, 5.41) is 17.8. The molecule has 0 fully saturated rings. The van der Waals surface area contributed by atoms with E-state index in [9.17, 15) is 0 Å². The van der Waals surface area contributed by atoms with Crippen molar-refractivity contribution >= 4 is 11.0 Å². The van der Waals surface area contributed by atoms with Crippen LogP contribution in [0.2, 0.25) is 0 Å². The molecule has 2 heterocycles. The van der Waals surface area contributed by atoms with Gasteiger partial charge in [-0.25, -0.2) is 4.98 Å². The van der Waals surface area contributed by atoms with Crippen molar-refractivity contribution in [3.05, 3.63) is 29.8 Å². The number of rotatable bonds is 0. The Labute approximate surface area is 73.6 Å².